The van der Waals surface area contributed by atoms with Crippen molar-refractivity contribution in [2.75, 3.05) is 26.2 Å². The lowest BCUT2D eigenvalue weighted by atomic mass is 9.99. The summed E-state index contributed by atoms with van der Waals surface area (Å²) in [7, 11) is 0. The van der Waals surface area contributed by atoms with Gasteiger partial charge in [-0.05, 0) is 50.8 Å². The van der Waals surface area contributed by atoms with Crippen molar-refractivity contribution in [2.45, 2.75) is 44.1 Å². The summed E-state index contributed by atoms with van der Waals surface area (Å²) in [6.45, 7) is 3.71. The lowest BCUT2D eigenvalue weighted by Gasteiger charge is -2.33. The van der Waals surface area contributed by atoms with Crippen LogP contribution >= 0.6 is 0 Å². The number of para-hydroxylation sites is 1. The standard InChI is InChI=1S/C23H28N6O/c30-22-20(19-11-10-16-7-2-3-9-18(16)26-19)21(25-17-8-6-12-24-15-17)27-23(28-22)29-13-4-1-5-14-29/h2-3,7,9-11,17,20,24H,1,4-6,8,12-15H2,(H,25,27,28,30). The van der Waals surface area contributed by atoms with Crippen molar-refractivity contribution in [1.82, 2.24) is 20.5 Å². The van der Waals surface area contributed by atoms with Gasteiger partial charge < -0.3 is 10.2 Å². The Morgan fingerprint density at radius 2 is 1.90 bits per heavy atom. The SMILES string of the molecule is O=C1NC(N2CCCCC2)=NC(=NC2CCCNC2)C1c1ccc2ccccc2n1. The first-order valence-electron chi connectivity index (χ1n) is 11.1. The number of nitrogens with zero attached hydrogens (tertiary/aromatic N) is 4. The Morgan fingerprint density at radius 1 is 1.03 bits per heavy atom. The Labute approximate surface area is 176 Å². The molecular weight excluding hydrogens is 376 g/mol. The van der Waals surface area contributed by atoms with E-state index in [4.69, 9.17) is 15.0 Å². The van der Waals surface area contributed by atoms with E-state index >= 15 is 0 Å². The van der Waals surface area contributed by atoms with Crippen molar-refractivity contribution in [3.05, 3.63) is 42.1 Å². The number of guanidine groups is 1. The molecule has 5 rings (SSSR count). The number of aliphatic imine (C=N–C) groups is 2. The van der Waals surface area contributed by atoms with E-state index in [9.17, 15) is 4.79 Å². The number of piperidine rings is 2. The summed E-state index contributed by atoms with van der Waals surface area (Å²) in [6.07, 6.45) is 5.60. The number of rotatable bonds is 2. The molecule has 3 aliphatic heterocycles. The first-order chi connectivity index (χ1) is 14.8. The van der Waals surface area contributed by atoms with Crippen LogP contribution in [-0.4, -0.2) is 59.8 Å². The van der Waals surface area contributed by atoms with E-state index in [0.29, 0.717) is 17.5 Å². The van der Waals surface area contributed by atoms with Gasteiger partial charge in [0.2, 0.25) is 11.9 Å². The molecule has 2 fully saturated rings. The number of hydrogen-bond donors (Lipinski definition) is 2. The highest BCUT2D eigenvalue weighted by Gasteiger charge is 2.35. The Kier molecular flexibility index (Phi) is 5.45. The fraction of sp³-hybridized carbons (Fsp3) is 0.478. The van der Waals surface area contributed by atoms with Crippen molar-refractivity contribution in [1.29, 1.82) is 0 Å². The van der Waals surface area contributed by atoms with Gasteiger partial charge in [0.1, 0.15) is 11.8 Å². The van der Waals surface area contributed by atoms with Gasteiger partial charge in [0.15, 0.2) is 0 Å². The van der Waals surface area contributed by atoms with Gasteiger partial charge in [0.05, 0.1) is 17.3 Å². The van der Waals surface area contributed by atoms with Crippen LogP contribution < -0.4 is 10.6 Å². The van der Waals surface area contributed by atoms with E-state index in [2.05, 4.69) is 15.5 Å². The molecule has 0 spiro atoms. The first-order valence-corrected chi connectivity index (χ1v) is 11.1. The number of hydrogen-bond acceptors (Lipinski definition) is 5. The second-order valence-electron chi connectivity index (χ2n) is 8.32. The zero-order valence-corrected chi connectivity index (χ0v) is 17.2. The minimum atomic E-state index is -0.579. The fourth-order valence-electron chi connectivity index (χ4n) is 4.50. The highest BCUT2D eigenvalue weighted by Crippen LogP contribution is 2.25. The number of fused-ring (bicyclic) bond motifs is 1. The molecular formula is C23H28N6O. The zero-order chi connectivity index (χ0) is 20.3. The average Bonchev–Trinajstić information content (AvgIpc) is 2.80. The predicted molar refractivity (Wildman–Crippen MR) is 119 cm³/mol. The van der Waals surface area contributed by atoms with E-state index in [1.807, 2.05) is 36.4 Å². The normalized spacial score (nSPS) is 26.5. The maximum absolute atomic E-state index is 13.3. The number of carbonyl (C=O) groups is 1. The summed E-state index contributed by atoms with van der Waals surface area (Å²) in [6, 6.07) is 12.1. The molecule has 156 valence electrons. The molecule has 3 aliphatic rings. The van der Waals surface area contributed by atoms with Gasteiger partial charge in [-0.1, -0.05) is 24.3 Å². The maximum atomic E-state index is 13.3. The molecule has 2 unspecified atom stereocenters. The minimum Gasteiger partial charge on any atom is -0.342 e. The molecule has 0 aliphatic carbocycles. The van der Waals surface area contributed by atoms with Crippen LogP contribution in [0.25, 0.3) is 10.9 Å². The largest absolute Gasteiger partial charge is 0.342 e. The van der Waals surface area contributed by atoms with Crippen LogP contribution in [0.15, 0.2) is 46.4 Å². The number of aromatic nitrogens is 1. The van der Waals surface area contributed by atoms with Gasteiger partial charge in [-0.15, -0.1) is 0 Å². The second kappa shape index (κ2) is 8.52. The number of benzene rings is 1. The van der Waals surface area contributed by atoms with Crippen molar-refractivity contribution in [3.8, 4) is 0 Å². The van der Waals surface area contributed by atoms with Crippen LogP contribution in [0.1, 0.15) is 43.7 Å². The number of amidine groups is 1. The number of amides is 1. The Hall–Kier alpha value is -2.80. The van der Waals surface area contributed by atoms with Gasteiger partial charge in [0, 0.05) is 25.0 Å². The Morgan fingerprint density at radius 3 is 2.73 bits per heavy atom. The van der Waals surface area contributed by atoms with E-state index in [1.54, 1.807) is 0 Å². The van der Waals surface area contributed by atoms with E-state index in [1.165, 1.54) is 6.42 Å². The lowest BCUT2D eigenvalue weighted by Crippen LogP contribution is -2.52. The number of likely N-dealkylation sites (tertiary alicyclic amines) is 1. The monoisotopic (exact) mass is 404 g/mol. The third-order valence-electron chi connectivity index (χ3n) is 6.13. The molecule has 7 nitrogen and oxygen atoms in total. The van der Waals surface area contributed by atoms with E-state index in [-0.39, 0.29) is 11.9 Å². The molecule has 0 saturated carbocycles. The molecule has 0 radical (unpaired) electrons. The van der Waals surface area contributed by atoms with Crippen LogP contribution in [-0.2, 0) is 4.79 Å². The summed E-state index contributed by atoms with van der Waals surface area (Å²) in [5.74, 6) is 0.580. The van der Waals surface area contributed by atoms with Gasteiger partial charge >= 0.3 is 0 Å². The molecule has 2 atom stereocenters. The number of pyridine rings is 1. The van der Waals surface area contributed by atoms with E-state index < -0.39 is 5.92 Å². The molecule has 1 aromatic carbocycles. The molecule has 2 aromatic rings. The first kappa shape index (κ1) is 19.2. The topological polar surface area (TPSA) is 82.0 Å². The molecule has 4 heterocycles. The zero-order valence-electron chi connectivity index (χ0n) is 17.2. The summed E-state index contributed by atoms with van der Waals surface area (Å²) in [4.78, 5) is 30.1. The Bertz CT molecular complexity index is 988. The maximum Gasteiger partial charge on any atom is 0.243 e. The molecule has 2 saturated heterocycles. The van der Waals surface area contributed by atoms with Gasteiger partial charge in [-0.3, -0.25) is 20.1 Å². The third-order valence-corrected chi connectivity index (χ3v) is 6.13. The quantitative estimate of drug-likeness (QED) is 0.806. The van der Waals surface area contributed by atoms with Gasteiger partial charge in [-0.2, -0.15) is 4.99 Å². The van der Waals surface area contributed by atoms with Crippen molar-refractivity contribution in [2.24, 2.45) is 9.98 Å². The van der Waals surface area contributed by atoms with Crippen LogP contribution in [0.2, 0.25) is 0 Å². The summed E-state index contributed by atoms with van der Waals surface area (Å²) < 4.78 is 0. The summed E-state index contributed by atoms with van der Waals surface area (Å²) >= 11 is 0. The van der Waals surface area contributed by atoms with E-state index in [0.717, 1.165) is 62.8 Å². The molecule has 1 amide bonds. The third kappa shape index (κ3) is 3.94. The minimum absolute atomic E-state index is 0.0872. The fourth-order valence-corrected chi connectivity index (χ4v) is 4.50. The van der Waals surface area contributed by atoms with Crippen LogP contribution in [0.3, 0.4) is 0 Å². The van der Waals surface area contributed by atoms with Crippen molar-refractivity contribution < 1.29 is 4.79 Å². The smallest absolute Gasteiger partial charge is 0.243 e. The molecule has 0 bridgehead atoms. The average molecular weight is 405 g/mol. The molecule has 2 N–H and O–H groups in total. The molecule has 30 heavy (non-hydrogen) atoms. The van der Waals surface area contributed by atoms with Crippen LogP contribution in [0.4, 0.5) is 0 Å². The van der Waals surface area contributed by atoms with Crippen molar-refractivity contribution >= 4 is 28.6 Å². The number of carbonyl (C=O) groups excluding carboxylic acids is 1. The molecule has 1 aromatic heterocycles. The molecule has 7 heteroatoms. The van der Waals surface area contributed by atoms with Crippen molar-refractivity contribution in [3.63, 3.8) is 0 Å². The predicted octanol–water partition coefficient (Wildman–Crippen LogP) is 2.44. The van der Waals surface area contributed by atoms with Gasteiger partial charge in [0.25, 0.3) is 0 Å². The highest BCUT2D eigenvalue weighted by atomic mass is 16.2. The van der Waals surface area contributed by atoms with Gasteiger partial charge in [-0.25, -0.2) is 0 Å². The van der Waals surface area contributed by atoms with Crippen LogP contribution in [0.5, 0.6) is 0 Å². The number of nitrogens with one attached hydrogen (secondary N) is 2. The summed E-state index contributed by atoms with van der Waals surface area (Å²) in [5.41, 5.74) is 1.59. The Balaban J connectivity index is 1.53. The second-order valence-corrected chi connectivity index (χ2v) is 8.32. The van der Waals surface area contributed by atoms with Crippen LogP contribution in [0, 0.1) is 0 Å². The lowest BCUT2D eigenvalue weighted by molar-refractivity contribution is -0.120. The highest BCUT2D eigenvalue weighted by molar-refractivity contribution is 6.20. The summed E-state index contributed by atoms with van der Waals surface area (Å²) in [5, 5.41) is 7.52.